The van der Waals surface area contributed by atoms with Crippen molar-refractivity contribution < 1.29 is 19.8 Å². The van der Waals surface area contributed by atoms with Gasteiger partial charge in [0.2, 0.25) is 0 Å². The van der Waals surface area contributed by atoms with Crippen LogP contribution in [0.25, 0.3) is 0 Å². The first-order chi connectivity index (χ1) is 3.46. The molecule has 0 aliphatic rings. The molecular weight excluding hydrogens is 187 g/mol. The minimum atomic E-state index is -0.833. The number of rotatable bonds is 0. The first-order valence-corrected chi connectivity index (χ1v) is 1.86. The third-order valence-corrected chi connectivity index (χ3v) is 0. The second-order valence-corrected chi connectivity index (χ2v) is 1.04. The summed E-state index contributed by atoms with van der Waals surface area (Å²) in [6.45, 7) is 2.17. The standard InChI is InChI=1S/2C2H4O2.AsH3/c2*1-2(3)4;/h2*1H3,(H,3,4);1H3. The van der Waals surface area contributed by atoms with Gasteiger partial charge in [0.05, 0.1) is 0 Å². The van der Waals surface area contributed by atoms with E-state index < -0.39 is 11.9 Å². The van der Waals surface area contributed by atoms with E-state index in [2.05, 4.69) is 0 Å². The molecule has 0 heterocycles. The minimum absolute atomic E-state index is 0. The van der Waals surface area contributed by atoms with Gasteiger partial charge in [0.25, 0.3) is 11.9 Å². The van der Waals surface area contributed by atoms with Crippen molar-refractivity contribution in [1.82, 2.24) is 0 Å². The van der Waals surface area contributed by atoms with E-state index in [0.717, 1.165) is 13.8 Å². The summed E-state index contributed by atoms with van der Waals surface area (Å²) in [6.07, 6.45) is 0. The van der Waals surface area contributed by atoms with Crippen molar-refractivity contribution in [2.75, 3.05) is 0 Å². The Kier molecular flexibility index (Phi) is 18.4. The van der Waals surface area contributed by atoms with Crippen molar-refractivity contribution in [1.29, 1.82) is 0 Å². The van der Waals surface area contributed by atoms with Crippen molar-refractivity contribution in [3.05, 3.63) is 0 Å². The molecule has 0 fully saturated rings. The molecule has 0 aliphatic heterocycles. The van der Waals surface area contributed by atoms with Crippen molar-refractivity contribution >= 4 is 29.9 Å². The first kappa shape index (κ1) is 15.8. The quantitative estimate of drug-likeness (QED) is 0.489. The van der Waals surface area contributed by atoms with Crippen LogP contribution in [0.1, 0.15) is 13.8 Å². The van der Waals surface area contributed by atoms with Gasteiger partial charge in [-0.05, 0) is 0 Å². The third-order valence-electron chi connectivity index (χ3n) is 0. The zero-order chi connectivity index (χ0) is 7.15. The average molecular weight is 198 g/mol. The molecule has 0 rings (SSSR count). The molecule has 5 heteroatoms. The molecule has 56 valence electrons. The Morgan fingerprint density at radius 2 is 1.00 bits per heavy atom. The van der Waals surface area contributed by atoms with Crippen LogP contribution in [0.2, 0.25) is 0 Å². The van der Waals surface area contributed by atoms with Gasteiger partial charge in [0.15, 0.2) is 0 Å². The molecule has 0 aromatic heterocycles. The molecule has 4 nitrogen and oxygen atoms in total. The van der Waals surface area contributed by atoms with Gasteiger partial charge in [-0.15, -0.1) is 0 Å². The summed E-state index contributed by atoms with van der Waals surface area (Å²) in [6, 6.07) is 0. The molecule has 0 aromatic carbocycles. The first-order valence-electron chi connectivity index (χ1n) is 1.86. The van der Waals surface area contributed by atoms with Gasteiger partial charge in [-0.2, -0.15) is 0 Å². The predicted octanol–water partition coefficient (Wildman–Crippen LogP) is -1.00. The summed E-state index contributed by atoms with van der Waals surface area (Å²) in [4.78, 5) is 18.0. The number of carbonyl (C=O) groups is 2. The van der Waals surface area contributed by atoms with E-state index in [1.54, 1.807) is 0 Å². The average Bonchev–Trinajstić information content (AvgIpc) is 1.25. The maximum atomic E-state index is 9.00. The second-order valence-electron chi connectivity index (χ2n) is 1.04. The number of carboxylic acids is 2. The van der Waals surface area contributed by atoms with Gasteiger partial charge >= 0.3 is 18.0 Å². The van der Waals surface area contributed by atoms with E-state index in [0.29, 0.717) is 0 Å². The Hall–Kier alpha value is -0.502. The summed E-state index contributed by atoms with van der Waals surface area (Å²) < 4.78 is 0. The van der Waals surface area contributed by atoms with Gasteiger partial charge < -0.3 is 10.2 Å². The van der Waals surface area contributed by atoms with Crippen LogP contribution in [0.3, 0.4) is 0 Å². The van der Waals surface area contributed by atoms with Gasteiger partial charge in [0.1, 0.15) is 0 Å². The third kappa shape index (κ3) is 901. The van der Waals surface area contributed by atoms with Gasteiger partial charge in [0, 0.05) is 13.8 Å². The van der Waals surface area contributed by atoms with Crippen molar-refractivity contribution in [2.45, 2.75) is 13.8 Å². The molecule has 9 heavy (non-hydrogen) atoms. The number of hydrogen-bond donors (Lipinski definition) is 2. The summed E-state index contributed by atoms with van der Waals surface area (Å²) in [5.74, 6) is -1.67. The fourth-order valence-corrected chi connectivity index (χ4v) is 0. The maximum absolute atomic E-state index is 9.00. The van der Waals surface area contributed by atoms with Crippen LogP contribution in [-0.4, -0.2) is 40.1 Å². The Balaban J connectivity index is -0.0000000720. The number of hydrogen-bond acceptors (Lipinski definition) is 2. The molecule has 0 saturated heterocycles. The number of aliphatic carboxylic acids is 2. The van der Waals surface area contributed by atoms with E-state index in [4.69, 9.17) is 19.8 Å². The van der Waals surface area contributed by atoms with Crippen molar-refractivity contribution in [2.24, 2.45) is 0 Å². The van der Waals surface area contributed by atoms with Crippen LogP contribution in [0.4, 0.5) is 0 Å². The molecule has 0 radical (unpaired) electrons. The van der Waals surface area contributed by atoms with Crippen molar-refractivity contribution in [3.8, 4) is 0 Å². The molecule has 0 spiro atoms. The van der Waals surface area contributed by atoms with Crippen LogP contribution >= 0.6 is 0 Å². The Bertz CT molecular complexity index is 70.6. The molecule has 2 N–H and O–H groups in total. The molecule has 1 unspecified atom stereocenters. The summed E-state index contributed by atoms with van der Waals surface area (Å²) in [7, 11) is 0. The van der Waals surface area contributed by atoms with E-state index in [-0.39, 0.29) is 18.0 Å². The van der Waals surface area contributed by atoms with Crippen LogP contribution in [0, 0.1) is 0 Å². The van der Waals surface area contributed by atoms with Crippen LogP contribution < -0.4 is 0 Å². The fraction of sp³-hybridized carbons (Fsp3) is 0.500. The summed E-state index contributed by atoms with van der Waals surface area (Å²) >= 11 is 0. The predicted molar refractivity (Wildman–Crippen MR) is 36.6 cm³/mol. The van der Waals surface area contributed by atoms with Gasteiger partial charge in [-0.3, -0.25) is 9.59 Å². The molecule has 0 aromatic rings. The zero-order valence-electron chi connectivity index (χ0n) is 5.42. The Morgan fingerprint density at radius 3 is 1.00 bits per heavy atom. The van der Waals surface area contributed by atoms with Crippen molar-refractivity contribution in [3.63, 3.8) is 0 Å². The second kappa shape index (κ2) is 10.5. The molecule has 0 aliphatic carbocycles. The zero-order valence-corrected chi connectivity index (χ0v) is 8.39. The molecule has 1 atom stereocenters. The number of carboxylic acid groups (broad SMARTS) is 2. The van der Waals surface area contributed by atoms with Crippen LogP contribution in [0.5, 0.6) is 0 Å². The molecule has 0 saturated carbocycles. The van der Waals surface area contributed by atoms with E-state index in [1.807, 2.05) is 0 Å². The molecule has 0 bridgehead atoms. The Labute approximate surface area is 64.2 Å². The fourth-order valence-electron chi connectivity index (χ4n) is 0. The van der Waals surface area contributed by atoms with E-state index >= 15 is 0 Å². The van der Waals surface area contributed by atoms with Gasteiger partial charge in [-0.1, -0.05) is 0 Å². The monoisotopic (exact) mass is 198 g/mol. The van der Waals surface area contributed by atoms with E-state index in [1.165, 1.54) is 0 Å². The van der Waals surface area contributed by atoms with Crippen LogP contribution in [0.15, 0.2) is 0 Å². The van der Waals surface area contributed by atoms with Gasteiger partial charge in [-0.25, -0.2) is 0 Å². The van der Waals surface area contributed by atoms with E-state index in [9.17, 15) is 0 Å². The summed E-state index contributed by atoms with van der Waals surface area (Å²) in [5, 5.41) is 14.8. The normalized spacial score (nSPS) is 5.56. The summed E-state index contributed by atoms with van der Waals surface area (Å²) in [5.41, 5.74) is 0. The SMILES string of the molecule is CC(=O)O.CC(=O)O.[AsH3]. The van der Waals surface area contributed by atoms with Crippen LogP contribution in [-0.2, 0) is 9.59 Å². The topological polar surface area (TPSA) is 74.6 Å². The molecule has 0 amide bonds. The molecular formula is C4H11AsO4. The Morgan fingerprint density at radius 1 is 1.00 bits per heavy atom.